The SMILES string of the molecule is C#Cc1cccc(NC(=O)c2ccc(OC(F)F)c(OC)c2)c1. The van der Waals surface area contributed by atoms with E-state index in [4.69, 9.17) is 11.2 Å². The van der Waals surface area contributed by atoms with Crippen LogP contribution in [0.4, 0.5) is 14.5 Å². The summed E-state index contributed by atoms with van der Waals surface area (Å²) in [5.41, 5.74) is 1.38. The number of benzene rings is 2. The van der Waals surface area contributed by atoms with Gasteiger partial charge in [-0.2, -0.15) is 8.78 Å². The number of carbonyl (C=O) groups is 1. The highest BCUT2D eigenvalue weighted by molar-refractivity contribution is 6.04. The van der Waals surface area contributed by atoms with E-state index in [0.29, 0.717) is 11.3 Å². The summed E-state index contributed by atoms with van der Waals surface area (Å²) in [5.74, 6) is 1.93. The Bertz CT molecular complexity index is 754. The van der Waals surface area contributed by atoms with Crippen LogP contribution >= 0.6 is 0 Å². The van der Waals surface area contributed by atoms with E-state index >= 15 is 0 Å². The normalized spacial score (nSPS) is 10.0. The predicted octanol–water partition coefficient (Wildman–Crippen LogP) is 3.53. The number of rotatable bonds is 5. The van der Waals surface area contributed by atoms with Crippen molar-refractivity contribution in [2.45, 2.75) is 6.61 Å². The van der Waals surface area contributed by atoms with E-state index in [-0.39, 0.29) is 17.1 Å². The molecule has 0 fully saturated rings. The van der Waals surface area contributed by atoms with Gasteiger partial charge < -0.3 is 14.8 Å². The number of halogens is 2. The maximum absolute atomic E-state index is 12.3. The van der Waals surface area contributed by atoms with Crippen molar-refractivity contribution in [1.82, 2.24) is 0 Å². The maximum atomic E-state index is 12.3. The van der Waals surface area contributed by atoms with Crippen LogP contribution in [0, 0.1) is 12.3 Å². The number of methoxy groups -OCH3 is 1. The Morgan fingerprint density at radius 2 is 2.00 bits per heavy atom. The zero-order valence-corrected chi connectivity index (χ0v) is 12.2. The highest BCUT2D eigenvalue weighted by atomic mass is 19.3. The average molecular weight is 317 g/mol. The second-order valence-corrected chi connectivity index (χ2v) is 4.42. The molecule has 6 heteroatoms. The molecule has 0 aromatic heterocycles. The first kappa shape index (κ1) is 16.3. The summed E-state index contributed by atoms with van der Waals surface area (Å²) >= 11 is 0. The minimum Gasteiger partial charge on any atom is -0.493 e. The predicted molar refractivity (Wildman–Crippen MR) is 82.0 cm³/mol. The smallest absolute Gasteiger partial charge is 0.387 e. The van der Waals surface area contributed by atoms with Gasteiger partial charge in [-0.3, -0.25) is 4.79 Å². The Morgan fingerprint density at radius 3 is 2.65 bits per heavy atom. The van der Waals surface area contributed by atoms with Crippen LogP contribution in [0.2, 0.25) is 0 Å². The molecule has 0 saturated carbocycles. The minimum absolute atomic E-state index is 0.0373. The van der Waals surface area contributed by atoms with Crippen LogP contribution in [0.1, 0.15) is 15.9 Å². The molecule has 0 heterocycles. The molecular weight excluding hydrogens is 304 g/mol. The summed E-state index contributed by atoms with van der Waals surface area (Å²) in [7, 11) is 1.30. The number of terminal acetylenes is 1. The van der Waals surface area contributed by atoms with Crippen molar-refractivity contribution >= 4 is 11.6 Å². The number of hydrogen-bond acceptors (Lipinski definition) is 3. The van der Waals surface area contributed by atoms with E-state index in [0.717, 1.165) is 0 Å². The third kappa shape index (κ3) is 4.20. The van der Waals surface area contributed by atoms with Crippen LogP contribution in [0.15, 0.2) is 42.5 Å². The summed E-state index contributed by atoms with van der Waals surface area (Å²) in [6.07, 6.45) is 5.30. The lowest BCUT2D eigenvalue weighted by atomic mass is 10.1. The minimum atomic E-state index is -2.98. The molecule has 0 spiro atoms. The van der Waals surface area contributed by atoms with Crippen molar-refractivity contribution in [3.8, 4) is 23.8 Å². The van der Waals surface area contributed by atoms with E-state index in [1.54, 1.807) is 24.3 Å². The first-order valence-corrected chi connectivity index (χ1v) is 6.54. The molecular formula is C17H13F2NO3. The van der Waals surface area contributed by atoms with Crippen molar-refractivity contribution in [2.75, 3.05) is 12.4 Å². The second-order valence-electron chi connectivity index (χ2n) is 4.42. The number of amides is 1. The summed E-state index contributed by atoms with van der Waals surface area (Å²) in [6.45, 7) is -2.98. The molecule has 0 atom stereocenters. The van der Waals surface area contributed by atoms with Crippen LogP contribution in [-0.2, 0) is 0 Å². The number of anilines is 1. The third-order valence-electron chi connectivity index (χ3n) is 2.93. The van der Waals surface area contributed by atoms with Gasteiger partial charge in [0.15, 0.2) is 11.5 Å². The molecule has 2 aromatic rings. The number of nitrogens with one attached hydrogen (secondary N) is 1. The highest BCUT2D eigenvalue weighted by Crippen LogP contribution is 2.29. The molecule has 2 rings (SSSR count). The van der Waals surface area contributed by atoms with Gasteiger partial charge in [0.2, 0.25) is 0 Å². The largest absolute Gasteiger partial charge is 0.493 e. The van der Waals surface area contributed by atoms with E-state index in [9.17, 15) is 13.6 Å². The second kappa shape index (κ2) is 7.27. The molecule has 0 unspecified atom stereocenters. The molecule has 0 aliphatic heterocycles. The van der Waals surface area contributed by atoms with Crippen molar-refractivity contribution in [2.24, 2.45) is 0 Å². The van der Waals surface area contributed by atoms with Gasteiger partial charge in [-0.1, -0.05) is 12.0 Å². The number of carbonyl (C=O) groups excluding carboxylic acids is 1. The summed E-state index contributed by atoms with van der Waals surface area (Å²) in [6, 6.07) is 10.7. The van der Waals surface area contributed by atoms with Crippen LogP contribution in [0.25, 0.3) is 0 Å². The van der Waals surface area contributed by atoms with E-state index in [2.05, 4.69) is 16.0 Å². The molecule has 23 heavy (non-hydrogen) atoms. The molecule has 1 N–H and O–H groups in total. The topological polar surface area (TPSA) is 47.6 Å². The lowest BCUT2D eigenvalue weighted by Crippen LogP contribution is -2.12. The molecule has 1 amide bonds. The first-order chi connectivity index (χ1) is 11.0. The molecule has 4 nitrogen and oxygen atoms in total. The first-order valence-electron chi connectivity index (χ1n) is 6.54. The zero-order valence-electron chi connectivity index (χ0n) is 12.2. The number of alkyl halides is 2. The summed E-state index contributed by atoms with van der Waals surface area (Å²) in [4.78, 5) is 12.2. The molecule has 0 aliphatic rings. The Kier molecular flexibility index (Phi) is 5.15. The lowest BCUT2D eigenvalue weighted by molar-refractivity contribution is -0.0512. The Balaban J connectivity index is 2.20. The van der Waals surface area contributed by atoms with Gasteiger partial charge >= 0.3 is 6.61 Å². The Morgan fingerprint density at radius 1 is 1.22 bits per heavy atom. The molecule has 118 valence electrons. The standard InChI is InChI=1S/C17H13F2NO3/c1-3-11-5-4-6-13(9-11)20-16(21)12-7-8-14(23-17(18)19)15(10-12)22-2/h1,4-10,17H,2H3,(H,20,21). The van der Waals surface area contributed by atoms with Crippen LogP contribution in [-0.4, -0.2) is 19.6 Å². The van der Waals surface area contributed by atoms with Gasteiger partial charge in [-0.05, 0) is 36.4 Å². The fourth-order valence-electron chi connectivity index (χ4n) is 1.89. The van der Waals surface area contributed by atoms with Gasteiger partial charge in [0.1, 0.15) is 0 Å². The average Bonchev–Trinajstić information content (AvgIpc) is 2.54. The fourth-order valence-corrected chi connectivity index (χ4v) is 1.89. The van der Waals surface area contributed by atoms with Crippen LogP contribution in [0.5, 0.6) is 11.5 Å². The quantitative estimate of drug-likeness (QED) is 0.858. The van der Waals surface area contributed by atoms with Gasteiger partial charge in [-0.15, -0.1) is 6.42 Å². The Hall–Kier alpha value is -3.07. The van der Waals surface area contributed by atoms with Gasteiger partial charge in [0.25, 0.3) is 5.91 Å². The Labute approximate surface area is 132 Å². The van der Waals surface area contributed by atoms with E-state index in [1.165, 1.54) is 25.3 Å². The van der Waals surface area contributed by atoms with Crippen molar-refractivity contribution in [3.63, 3.8) is 0 Å². The molecule has 0 aliphatic carbocycles. The van der Waals surface area contributed by atoms with Gasteiger partial charge in [0.05, 0.1) is 7.11 Å². The zero-order chi connectivity index (χ0) is 16.8. The number of hydrogen-bond donors (Lipinski definition) is 1. The van der Waals surface area contributed by atoms with E-state index in [1.807, 2.05) is 0 Å². The lowest BCUT2D eigenvalue weighted by Gasteiger charge is -2.11. The summed E-state index contributed by atoms with van der Waals surface area (Å²) in [5, 5.41) is 2.67. The molecule has 0 bridgehead atoms. The third-order valence-corrected chi connectivity index (χ3v) is 2.93. The van der Waals surface area contributed by atoms with Crippen LogP contribution < -0.4 is 14.8 Å². The molecule has 0 radical (unpaired) electrons. The monoisotopic (exact) mass is 317 g/mol. The molecule has 2 aromatic carbocycles. The maximum Gasteiger partial charge on any atom is 0.387 e. The van der Waals surface area contributed by atoms with E-state index < -0.39 is 12.5 Å². The van der Waals surface area contributed by atoms with Crippen LogP contribution in [0.3, 0.4) is 0 Å². The highest BCUT2D eigenvalue weighted by Gasteiger charge is 2.14. The van der Waals surface area contributed by atoms with Crippen molar-refractivity contribution < 1.29 is 23.0 Å². The van der Waals surface area contributed by atoms with Gasteiger partial charge in [0, 0.05) is 16.8 Å². The molecule has 0 saturated heterocycles. The summed E-state index contributed by atoms with van der Waals surface area (Å²) < 4.78 is 33.8. The van der Waals surface area contributed by atoms with Gasteiger partial charge in [-0.25, -0.2) is 0 Å². The van der Waals surface area contributed by atoms with Crippen molar-refractivity contribution in [3.05, 3.63) is 53.6 Å². The number of ether oxygens (including phenoxy) is 2. The fraction of sp³-hybridized carbons (Fsp3) is 0.118. The van der Waals surface area contributed by atoms with Crippen molar-refractivity contribution in [1.29, 1.82) is 0 Å².